The van der Waals surface area contributed by atoms with E-state index < -0.39 is 0 Å². The second-order valence-corrected chi connectivity index (χ2v) is 7.73. The maximum atomic E-state index is 3.40. The van der Waals surface area contributed by atoms with E-state index in [4.69, 9.17) is 0 Å². The monoisotopic (exact) mass is 343 g/mol. The number of allylic oxidation sites excluding steroid dienone is 6. The van der Waals surface area contributed by atoms with Gasteiger partial charge in [-0.15, -0.1) is 0 Å². The summed E-state index contributed by atoms with van der Waals surface area (Å²) in [6, 6.07) is 0. The highest BCUT2D eigenvalue weighted by molar-refractivity contribution is 5.09. The Bertz CT molecular complexity index is 302. The van der Waals surface area contributed by atoms with Crippen LogP contribution < -0.4 is 0 Å². The SMILES string of the molecule is [C]1=C/C=C\C=C/CCCCCCCCCCCCCCCCCCC\1. The summed E-state index contributed by atoms with van der Waals surface area (Å²) in [6.45, 7) is 0. The zero-order valence-corrected chi connectivity index (χ0v) is 16.8. The summed E-state index contributed by atoms with van der Waals surface area (Å²) in [6.07, 6.45) is 41.0. The summed E-state index contributed by atoms with van der Waals surface area (Å²) in [5.74, 6) is 0. The molecule has 0 spiro atoms. The van der Waals surface area contributed by atoms with Gasteiger partial charge in [0.05, 0.1) is 0 Å². The molecule has 0 nitrogen and oxygen atoms in total. The van der Waals surface area contributed by atoms with Crippen molar-refractivity contribution in [3.63, 3.8) is 0 Å². The van der Waals surface area contributed by atoms with Gasteiger partial charge in [0.2, 0.25) is 0 Å². The normalized spacial score (nSPS) is 25.9. The molecule has 1 aliphatic carbocycles. The molecule has 0 aromatic rings. The fourth-order valence-electron chi connectivity index (χ4n) is 3.59. The smallest absolute Gasteiger partial charge is 0.0276 e. The second-order valence-electron chi connectivity index (χ2n) is 7.73. The Morgan fingerprint density at radius 1 is 0.400 bits per heavy atom. The number of hydrogen-bond acceptors (Lipinski definition) is 0. The van der Waals surface area contributed by atoms with E-state index in [-0.39, 0.29) is 0 Å². The maximum absolute atomic E-state index is 3.40. The predicted molar refractivity (Wildman–Crippen MR) is 114 cm³/mol. The van der Waals surface area contributed by atoms with Crippen molar-refractivity contribution in [3.05, 3.63) is 36.5 Å². The summed E-state index contributed by atoms with van der Waals surface area (Å²) in [5.41, 5.74) is 0. The van der Waals surface area contributed by atoms with Crippen molar-refractivity contribution < 1.29 is 0 Å². The molecule has 0 saturated carbocycles. The average Bonchev–Trinajstić information content (AvgIpc) is 2.62. The third-order valence-corrected chi connectivity index (χ3v) is 5.26. The lowest BCUT2D eigenvalue weighted by Gasteiger charge is -2.03. The minimum Gasteiger partial charge on any atom is -0.0845 e. The van der Waals surface area contributed by atoms with Gasteiger partial charge in [-0.1, -0.05) is 127 Å². The quantitative estimate of drug-likeness (QED) is 0.412. The Morgan fingerprint density at radius 2 is 0.840 bits per heavy atom. The van der Waals surface area contributed by atoms with Crippen LogP contribution in [0.5, 0.6) is 0 Å². The van der Waals surface area contributed by atoms with Crippen LogP contribution in [0.25, 0.3) is 0 Å². The first kappa shape index (κ1) is 22.3. The fourth-order valence-corrected chi connectivity index (χ4v) is 3.59. The van der Waals surface area contributed by atoms with E-state index >= 15 is 0 Å². The molecule has 1 radical (unpaired) electrons. The van der Waals surface area contributed by atoms with Crippen LogP contribution in [0, 0.1) is 6.08 Å². The van der Waals surface area contributed by atoms with E-state index in [0.717, 1.165) is 6.42 Å². The summed E-state index contributed by atoms with van der Waals surface area (Å²) in [7, 11) is 0. The van der Waals surface area contributed by atoms with Gasteiger partial charge >= 0.3 is 0 Å². The Balaban J connectivity index is 2.14. The topological polar surface area (TPSA) is 0 Å². The molecule has 0 N–H and O–H groups in total. The summed E-state index contributed by atoms with van der Waals surface area (Å²) < 4.78 is 0. The molecule has 0 saturated heterocycles. The molecule has 0 atom stereocenters. The lowest BCUT2D eigenvalue weighted by Crippen LogP contribution is -1.84. The first-order valence-electron chi connectivity index (χ1n) is 11.4. The zero-order valence-electron chi connectivity index (χ0n) is 16.8. The highest BCUT2D eigenvalue weighted by Gasteiger charge is 1.95. The lowest BCUT2D eigenvalue weighted by atomic mass is 10.0. The molecule has 0 fully saturated rings. The van der Waals surface area contributed by atoms with Crippen molar-refractivity contribution in [1.82, 2.24) is 0 Å². The van der Waals surface area contributed by atoms with Crippen LogP contribution in [0.2, 0.25) is 0 Å². The van der Waals surface area contributed by atoms with Crippen LogP contribution in [0.4, 0.5) is 0 Å². The van der Waals surface area contributed by atoms with Crippen LogP contribution in [0.1, 0.15) is 122 Å². The predicted octanol–water partition coefficient (Wildman–Crippen LogP) is 8.88. The van der Waals surface area contributed by atoms with Gasteiger partial charge in [-0.25, -0.2) is 0 Å². The number of rotatable bonds is 0. The van der Waals surface area contributed by atoms with E-state index in [1.807, 2.05) is 0 Å². The Hall–Kier alpha value is -0.780. The molecule has 0 bridgehead atoms. The molecule has 1 rings (SSSR count). The van der Waals surface area contributed by atoms with Crippen LogP contribution >= 0.6 is 0 Å². The van der Waals surface area contributed by atoms with Gasteiger partial charge in [0.1, 0.15) is 0 Å². The molecule has 25 heavy (non-hydrogen) atoms. The van der Waals surface area contributed by atoms with E-state index in [0.29, 0.717) is 0 Å². The van der Waals surface area contributed by atoms with Gasteiger partial charge in [-0.3, -0.25) is 0 Å². The average molecular weight is 344 g/mol. The van der Waals surface area contributed by atoms with Crippen molar-refractivity contribution in [1.29, 1.82) is 0 Å². The minimum atomic E-state index is 1.12. The molecular weight excluding hydrogens is 300 g/mol. The van der Waals surface area contributed by atoms with E-state index in [1.54, 1.807) is 0 Å². The zero-order chi connectivity index (χ0) is 17.7. The van der Waals surface area contributed by atoms with E-state index in [9.17, 15) is 0 Å². The maximum Gasteiger partial charge on any atom is -0.0276 e. The van der Waals surface area contributed by atoms with E-state index in [1.165, 1.54) is 116 Å². The third kappa shape index (κ3) is 17.8. The van der Waals surface area contributed by atoms with Gasteiger partial charge in [-0.05, 0) is 31.8 Å². The highest BCUT2D eigenvalue weighted by atomic mass is 14.0. The largest absolute Gasteiger partial charge is 0.0845 e. The molecule has 0 unspecified atom stereocenters. The minimum absolute atomic E-state index is 1.12. The Kier molecular flexibility index (Phi) is 17.4. The molecule has 0 heterocycles. The standard InChI is InChI=1S/C25H43/c1-2-4-6-8-10-12-14-16-18-20-22-24-25-23-21-19-17-15-13-11-9-7-5-3-1/h1-5H,6,8-25H2/b3-1-,4-2-,7-5?. The van der Waals surface area contributed by atoms with Gasteiger partial charge in [0.15, 0.2) is 0 Å². The van der Waals surface area contributed by atoms with Gasteiger partial charge in [-0.2, -0.15) is 0 Å². The molecule has 0 amide bonds. The first-order valence-corrected chi connectivity index (χ1v) is 11.4. The Labute approximate surface area is 158 Å². The molecule has 0 aromatic heterocycles. The Morgan fingerprint density at radius 3 is 1.36 bits per heavy atom. The highest BCUT2D eigenvalue weighted by Crippen LogP contribution is 2.14. The fraction of sp³-hybridized carbons (Fsp3) is 0.760. The van der Waals surface area contributed by atoms with Crippen LogP contribution in [0.3, 0.4) is 0 Å². The van der Waals surface area contributed by atoms with Crippen molar-refractivity contribution in [2.45, 2.75) is 122 Å². The lowest BCUT2D eigenvalue weighted by molar-refractivity contribution is 0.526. The summed E-state index contributed by atoms with van der Waals surface area (Å²) in [4.78, 5) is 0. The molecule has 143 valence electrons. The molecule has 0 aliphatic heterocycles. The molecular formula is C25H43. The molecule has 0 heteroatoms. The number of hydrogen-bond donors (Lipinski definition) is 0. The molecule has 0 aromatic carbocycles. The van der Waals surface area contributed by atoms with Crippen molar-refractivity contribution in [2.75, 3.05) is 0 Å². The van der Waals surface area contributed by atoms with Crippen LogP contribution in [-0.2, 0) is 0 Å². The summed E-state index contributed by atoms with van der Waals surface area (Å²) in [5, 5.41) is 0. The van der Waals surface area contributed by atoms with Gasteiger partial charge in [0.25, 0.3) is 0 Å². The van der Waals surface area contributed by atoms with E-state index in [2.05, 4.69) is 36.5 Å². The van der Waals surface area contributed by atoms with Crippen molar-refractivity contribution in [2.24, 2.45) is 0 Å². The second kappa shape index (κ2) is 19.5. The van der Waals surface area contributed by atoms with Crippen molar-refractivity contribution >= 4 is 0 Å². The van der Waals surface area contributed by atoms with Crippen LogP contribution in [0.15, 0.2) is 30.4 Å². The summed E-state index contributed by atoms with van der Waals surface area (Å²) >= 11 is 0. The van der Waals surface area contributed by atoms with Gasteiger partial charge in [0, 0.05) is 0 Å². The first-order chi connectivity index (χ1) is 12.5. The van der Waals surface area contributed by atoms with Gasteiger partial charge < -0.3 is 0 Å². The van der Waals surface area contributed by atoms with Crippen LogP contribution in [-0.4, -0.2) is 0 Å². The third-order valence-electron chi connectivity index (χ3n) is 5.26. The molecule has 1 aliphatic rings. The van der Waals surface area contributed by atoms with Crippen molar-refractivity contribution in [3.8, 4) is 0 Å².